The third-order valence-corrected chi connectivity index (χ3v) is 13.3. The average molecular weight is 867 g/mol. The molecule has 0 unspecified atom stereocenters. The molecule has 63 heavy (non-hydrogen) atoms. The van der Waals surface area contributed by atoms with Gasteiger partial charge in [0.2, 0.25) is 11.8 Å². The van der Waals surface area contributed by atoms with Gasteiger partial charge in [-0.3, -0.25) is 29.4 Å². The van der Waals surface area contributed by atoms with Crippen LogP contribution in [0.15, 0.2) is 54.6 Å². The molecule has 2 saturated heterocycles. The summed E-state index contributed by atoms with van der Waals surface area (Å²) in [6, 6.07) is 17.1. The van der Waals surface area contributed by atoms with Crippen LogP contribution in [0.2, 0.25) is 0 Å². The van der Waals surface area contributed by atoms with Crippen molar-refractivity contribution in [1.82, 2.24) is 20.9 Å². The zero-order chi connectivity index (χ0) is 45.2. The van der Waals surface area contributed by atoms with E-state index in [0.717, 1.165) is 42.0 Å². The molecule has 2 atom stereocenters. The van der Waals surface area contributed by atoms with Gasteiger partial charge in [-0.25, -0.2) is 4.39 Å². The number of benzene rings is 3. The fraction of sp³-hybridized carbons (Fsp3) is 0.521. The van der Waals surface area contributed by atoms with Gasteiger partial charge in [-0.2, -0.15) is 5.26 Å². The molecule has 0 spiro atoms. The lowest BCUT2D eigenvalue weighted by molar-refractivity contribution is -0.164. The van der Waals surface area contributed by atoms with E-state index in [1.807, 2.05) is 50.2 Å². The molecule has 15 heteroatoms. The topological polar surface area (TPSA) is 172 Å². The molecule has 3 N–H and O–H groups in total. The summed E-state index contributed by atoms with van der Waals surface area (Å²) < 4.78 is 39.4. The van der Waals surface area contributed by atoms with Crippen LogP contribution >= 0.6 is 0 Å². The van der Waals surface area contributed by atoms with E-state index in [4.69, 9.17) is 18.9 Å². The number of rotatable bonds is 15. The SMILES string of the molecule is COCCN(C[C@H]1CN(c2ccc(C(=O)NC3C(C)(C)C(Oc4cc(C)c(C#N)c(C)c4)C3(C)C)cc2)CCO1)C1CC(Oc2ccc(C(=O)N[C@H]3CCC(=O)NC3=O)c(F)c2)C1. The van der Waals surface area contributed by atoms with Gasteiger partial charge < -0.3 is 34.5 Å². The normalized spacial score (nSPS) is 24.9. The number of carbonyl (C=O) groups excluding carboxylic acids is 4. The van der Waals surface area contributed by atoms with Gasteiger partial charge in [0.25, 0.3) is 11.8 Å². The first-order valence-corrected chi connectivity index (χ1v) is 21.8. The van der Waals surface area contributed by atoms with Crippen LogP contribution in [0.25, 0.3) is 0 Å². The molecule has 0 bridgehead atoms. The number of imide groups is 1. The van der Waals surface area contributed by atoms with E-state index < -0.39 is 29.6 Å². The first kappa shape index (κ1) is 45.5. The van der Waals surface area contributed by atoms with Gasteiger partial charge in [0.15, 0.2) is 0 Å². The molecule has 3 aromatic rings. The Kier molecular flexibility index (Phi) is 13.5. The maximum absolute atomic E-state index is 15.1. The van der Waals surface area contributed by atoms with Crippen molar-refractivity contribution in [3.05, 3.63) is 88.2 Å². The minimum atomic E-state index is -0.903. The highest BCUT2D eigenvalue weighted by Crippen LogP contribution is 2.55. The number of nitrogens with one attached hydrogen (secondary N) is 3. The van der Waals surface area contributed by atoms with Crippen molar-refractivity contribution in [1.29, 1.82) is 5.26 Å². The Labute approximate surface area is 368 Å². The zero-order valence-corrected chi connectivity index (χ0v) is 37.2. The van der Waals surface area contributed by atoms with Gasteiger partial charge in [0.05, 0.1) is 36.5 Å². The molecular weight excluding hydrogens is 808 g/mol. The maximum Gasteiger partial charge on any atom is 0.254 e. The van der Waals surface area contributed by atoms with Crippen molar-refractivity contribution in [2.75, 3.05) is 51.4 Å². The number of hydrogen-bond acceptors (Lipinski definition) is 11. The second kappa shape index (κ2) is 18.7. The summed E-state index contributed by atoms with van der Waals surface area (Å²) >= 11 is 0. The maximum atomic E-state index is 15.1. The lowest BCUT2D eigenvalue weighted by atomic mass is 9.49. The first-order chi connectivity index (χ1) is 30.0. The van der Waals surface area contributed by atoms with Crippen molar-refractivity contribution in [3.63, 3.8) is 0 Å². The summed E-state index contributed by atoms with van der Waals surface area (Å²) in [6.45, 7) is 16.2. The number of nitriles is 1. The number of carbonyl (C=O) groups is 4. The number of halogens is 1. The highest BCUT2D eigenvalue weighted by molar-refractivity contribution is 6.03. The smallest absolute Gasteiger partial charge is 0.254 e. The second-order valence-corrected chi connectivity index (χ2v) is 18.5. The Morgan fingerprint density at radius 3 is 2.30 bits per heavy atom. The lowest BCUT2D eigenvalue weighted by Crippen LogP contribution is -2.74. The Morgan fingerprint density at radius 2 is 1.67 bits per heavy atom. The molecule has 7 rings (SSSR count). The van der Waals surface area contributed by atoms with Gasteiger partial charge in [0.1, 0.15) is 35.6 Å². The molecule has 4 fully saturated rings. The molecular formula is C48H59FN6O8. The second-order valence-electron chi connectivity index (χ2n) is 18.5. The van der Waals surface area contributed by atoms with Gasteiger partial charge >= 0.3 is 0 Å². The van der Waals surface area contributed by atoms with Crippen molar-refractivity contribution in [3.8, 4) is 17.6 Å². The van der Waals surface area contributed by atoms with E-state index in [9.17, 15) is 24.4 Å². The number of ether oxygens (including phenoxy) is 4. The van der Waals surface area contributed by atoms with Crippen molar-refractivity contribution < 1.29 is 42.5 Å². The first-order valence-electron chi connectivity index (χ1n) is 21.8. The van der Waals surface area contributed by atoms with E-state index in [-0.39, 0.29) is 65.5 Å². The van der Waals surface area contributed by atoms with Crippen molar-refractivity contribution in [2.45, 2.75) is 104 Å². The third kappa shape index (κ3) is 9.83. The monoisotopic (exact) mass is 866 g/mol. The van der Waals surface area contributed by atoms with Crippen LogP contribution in [-0.2, 0) is 19.1 Å². The van der Waals surface area contributed by atoms with Crippen LogP contribution in [0.1, 0.15) is 90.8 Å². The number of hydrogen-bond donors (Lipinski definition) is 3. The molecule has 336 valence electrons. The third-order valence-electron chi connectivity index (χ3n) is 13.3. The van der Waals surface area contributed by atoms with Crippen molar-refractivity contribution in [2.24, 2.45) is 10.8 Å². The summed E-state index contributed by atoms with van der Waals surface area (Å²) in [6.07, 6.45) is 1.35. The largest absolute Gasteiger partial charge is 0.490 e. The van der Waals surface area contributed by atoms with Crippen LogP contribution in [0.3, 0.4) is 0 Å². The van der Waals surface area contributed by atoms with Crippen LogP contribution in [-0.4, -0.2) is 111 Å². The van der Waals surface area contributed by atoms with Gasteiger partial charge in [-0.15, -0.1) is 0 Å². The highest BCUT2D eigenvalue weighted by atomic mass is 19.1. The number of anilines is 1. The Bertz CT molecular complexity index is 2210. The Morgan fingerprint density at radius 1 is 0.968 bits per heavy atom. The fourth-order valence-corrected chi connectivity index (χ4v) is 10.0. The van der Waals surface area contributed by atoms with Crippen LogP contribution in [0, 0.1) is 41.8 Å². The number of nitrogens with zero attached hydrogens (tertiary/aromatic N) is 3. The molecule has 2 saturated carbocycles. The molecule has 2 heterocycles. The number of morpholine rings is 1. The molecule has 2 aliphatic heterocycles. The molecule has 0 aromatic heterocycles. The standard InChI is InChI=1S/C48H59FN6O8/c1-28-20-34(21-29(2)38(28)25-50)63-46-47(3,4)45(48(46,5)6)53-42(57)30-8-10-31(11-9-30)54-17-19-61-36(26-54)27-55(16-18-60-7)32-22-35(23-32)62-33-12-13-37(39(49)24-33)43(58)51-40-14-15-41(56)52-44(40)59/h8-13,20-21,24,32,35-36,40,45-46H,14-19,22-23,26-27H2,1-7H3,(H,51,58)(H,53,57)(H,52,56,59)/t32?,35?,36-,40+,45?,46?/m1/s1. The molecule has 3 aromatic carbocycles. The summed E-state index contributed by atoms with van der Waals surface area (Å²) in [7, 11) is 1.68. The summed E-state index contributed by atoms with van der Waals surface area (Å²) in [5.41, 5.74) is 3.11. The van der Waals surface area contributed by atoms with E-state index in [2.05, 4.69) is 59.5 Å². The highest BCUT2D eigenvalue weighted by Gasteiger charge is 2.64. The van der Waals surface area contributed by atoms with Gasteiger partial charge in [0, 0.05) is 92.8 Å². The van der Waals surface area contributed by atoms with E-state index >= 15 is 4.39 Å². The molecule has 4 aliphatic rings. The van der Waals surface area contributed by atoms with Gasteiger partial charge in [-0.1, -0.05) is 27.7 Å². The fourth-order valence-electron chi connectivity index (χ4n) is 10.0. The zero-order valence-electron chi connectivity index (χ0n) is 37.2. The van der Waals surface area contributed by atoms with Crippen LogP contribution in [0.5, 0.6) is 11.5 Å². The van der Waals surface area contributed by atoms with E-state index in [1.54, 1.807) is 13.2 Å². The number of piperidine rings is 1. The molecule has 2 aliphatic carbocycles. The number of methoxy groups -OCH3 is 1. The van der Waals surface area contributed by atoms with E-state index in [0.29, 0.717) is 49.7 Å². The van der Waals surface area contributed by atoms with Crippen LogP contribution in [0.4, 0.5) is 10.1 Å². The molecule has 0 radical (unpaired) electrons. The Hall–Kier alpha value is -5.56. The minimum absolute atomic E-state index is 0.0677. The quantitative estimate of drug-likeness (QED) is 0.171. The average Bonchev–Trinajstić information content (AvgIpc) is 3.22. The summed E-state index contributed by atoms with van der Waals surface area (Å²) in [4.78, 5) is 54.5. The molecule has 14 nitrogen and oxygen atoms in total. The van der Waals surface area contributed by atoms with Gasteiger partial charge in [-0.05, 0) is 79.9 Å². The molecule has 4 amide bonds. The predicted molar refractivity (Wildman–Crippen MR) is 233 cm³/mol. The summed E-state index contributed by atoms with van der Waals surface area (Å²) in [5.74, 6) is -1.60. The number of amides is 4. The number of aryl methyl sites for hydroxylation is 2. The van der Waals surface area contributed by atoms with Crippen molar-refractivity contribution >= 4 is 29.3 Å². The Balaban J connectivity index is 0.895. The van der Waals surface area contributed by atoms with Crippen LogP contribution < -0.4 is 30.3 Å². The predicted octanol–water partition coefficient (Wildman–Crippen LogP) is 5.22. The minimum Gasteiger partial charge on any atom is -0.490 e. The van der Waals surface area contributed by atoms with E-state index in [1.165, 1.54) is 12.1 Å². The summed E-state index contributed by atoms with van der Waals surface area (Å²) in [5, 5.41) is 17.5. The lowest BCUT2D eigenvalue weighted by Gasteiger charge is -2.63.